The molecule has 0 radical (unpaired) electrons. The number of rotatable bonds is 4. The quantitative estimate of drug-likeness (QED) is 0.804. The van der Waals surface area contributed by atoms with Crippen molar-refractivity contribution in [2.24, 2.45) is 5.41 Å². The Kier molecular flexibility index (Phi) is 4.47. The van der Waals surface area contributed by atoms with E-state index in [1.165, 1.54) is 0 Å². The Bertz CT molecular complexity index is 476. The molecule has 0 spiro atoms. The van der Waals surface area contributed by atoms with E-state index in [2.05, 4.69) is 46.0 Å². The van der Waals surface area contributed by atoms with E-state index in [1.807, 2.05) is 18.2 Å². The van der Waals surface area contributed by atoms with Crippen LogP contribution in [-0.2, 0) is 6.42 Å². The summed E-state index contributed by atoms with van der Waals surface area (Å²) < 4.78 is 0. The van der Waals surface area contributed by atoms with Gasteiger partial charge < -0.3 is 11.1 Å². The van der Waals surface area contributed by atoms with Crippen LogP contribution in [0.25, 0.3) is 0 Å². The van der Waals surface area contributed by atoms with Crippen molar-refractivity contribution in [3.8, 4) is 6.07 Å². The molecule has 3 heteroatoms. The Morgan fingerprint density at radius 2 is 1.84 bits per heavy atom. The standard InChI is InChI=1S/C16H25N3/c1-15(2,3)11-16(4,5)19-13-6-7-14(18)12(10-13)8-9-17/h6-7,10,19H,8,11,18H2,1-5H3. The first kappa shape index (κ1) is 15.4. The van der Waals surface area contributed by atoms with Crippen LogP contribution in [0.4, 0.5) is 11.4 Å². The SMILES string of the molecule is CC(C)(C)CC(C)(C)Nc1ccc(N)c(CC#N)c1. The van der Waals surface area contributed by atoms with Gasteiger partial charge in [0.25, 0.3) is 0 Å². The maximum atomic E-state index is 8.79. The van der Waals surface area contributed by atoms with Crippen LogP contribution in [0.3, 0.4) is 0 Å². The minimum Gasteiger partial charge on any atom is -0.398 e. The van der Waals surface area contributed by atoms with E-state index in [9.17, 15) is 0 Å². The van der Waals surface area contributed by atoms with Gasteiger partial charge in [-0.25, -0.2) is 0 Å². The molecule has 3 nitrogen and oxygen atoms in total. The minimum atomic E-state index is -0.00171. The van der Waals surface area contributed by atoms with Crippen molar-refractivity contribution in [1.82, 2.24) is 0 Å². The lowest BCUT2D eigenvalue weighted by Gasteiger charge is -2.34. The number of hydrogen-bond acceptors (Lipinski definition) is 3. The van der Waals surface area contributed by atoms with E-state index in [0.29, 0.717) is 12.1 Å². The van der Waals surface area contributed by atoms with Gasteiger partial charge in [0.1, 0.15) is 0 Å². The summed E-state index contributed by atoms with van der Waals surface area (Å²) in [6.45, 7) is 11.1. The molecule has 0 atom stereocenters. The first-order chi connectivity index (χ1) is 8.63. The fourth-order valence-corrected chi connectivity index (χ4v) is 2.68. The van der Waals surface area contributed by atoms with Crippen LogP contribution >= 0.6 is 0 Å². The smallest absolute Gasteiger partial charge is 0.0670 e. The zero-order valence-electron chi connectivity index (χ0n) is 12.7. The van der Waals surface area contributed by atoms with Gasteiger partial charge in [-0.3, -0.25) is 0 Å². The molecule has 0 bridgehead atoms. The van der Waals surface area contributed by atoms with Gasteiger partial charge in [-0.2, -0.15) is 5.26 Å². The fourth-order valence-electron chi connectivity index (χ4n) is 2.68. The molecule has 1 aromatic rings. The zero-order valence-corrected chi connectivity index (χ0v) is 12.7. The number of nitriles is 1. The molecule has 0 aliphatic carbocycles. The van der Waals surface area contributed by atoms with E-state index in [1.54, 1.807) is 0 Å². The van der Waals surface area contributed by atoms with Gasteiger partial charge in [-0.05, 0) is 49.4 Å². The van der Waals surface area contributed by atoms with Gasteiger partial charge in [0.05, 0.1) is 12.5 Å². The molecule has 19 heavy (non-hydrogen) atoms. The van der Waals surface area contributed by atoms with Crippen LogP contribution in [0.15, 0.2) is 18.2 Å². The molecule has 0 unspecified atom stereocenters. The van der Waals surface area contributed by atoms with Gasteiger partial charge >= 0.3 is 0 Å². The van der Waals surface area contributed by atoms with Crippen molar-refractivity contribution in [1.29, 1.82) is 5.26 Å². The third-order valence-corrected chi connectivity index (χ3v) is 2.87. The van der Waals surface area contributed by atoms with Crippen molar-refractivity contribution < 1.29 is 0 Å². The van der Waals surface area contributed by atoms with Gasteiger partial charge in [0.2, 0.25) is 0 Å². The van der Waals surface area contributed by atoms with E-state index < -0.39 is 0 Å². The molecule has 1 rings (SSSR count). The van der Waals surface area contributed by atoms with Crippen LogP contribution in [0, 0.1) is 16.7 Å². The van der Waals surface area contributed by atoms with Crippen LogP contribution in [0.1, 0.15) is 46.6 Å². The summed E-state index contributed by atoms with van der Waals surface area (Å²) >= 11 is 0. The predicted octanol–water partition coefficient (Wildman–Crippen LogP) is 3.96. The van der Waals surface area contributed by atoms with Crippen molar-refractivity contribution in [3.63, 3.8) is 0 Å². The summed E-state index contributed by atoms with van der Waals surface area (Å²) in [5.74, 6) is 0. The molecular formula is C16H25N3. The van der Waals surface area contributed by atoms with Crippen LogP contribution < -0.4 is 11.1 Å². The molecule has 1 aromatic carbocycles. The third kappa shape index (κ3) is 5.21. The van der Waals surface area contributed by atoms with E-state index in [-0.39, 0.29) is 11.0 Å². The number of nitrogen functional groups attached to an aromatic ring is 1. The molecule has 0 saturated carbocycles. The van der Waals surface area contributed by atoms with Gasteiger partial charge in [-0.1, -0.05) is 20.8 Å². The molecule has 3 N–H and O–H groups in total. The molecular weight excluding hydrogens is 234 g/mol. The highest BCUT2D eigenvalue weighted by molar-refractivity contribution is 5.58. The fraction of sp³-hybridized carbons (Fsp3) is 0.562. The van der Waals surface area contributed by atoms with Gasteiger partial charge in [0.15, 0.2) is 0 Å². The monoisotopic (exact) mass is 259 g/mol. The normalized spacial score (nSPS) is 12.0. The summed E-state index contributed by atoms with van der Waals surface area (Å²) in [6, 6.07) is 7.96. The predicted molar refractivity (Wildman–Crippen MR) is 81.9 cm³/mol. The topological polar surface area (TPSA) is 61.8 Å². The van der Waals surface area contributed by atoms with Gasteiger partial charge in [-0.15, -0.1) is 0 Å². The second-order valence-electron chi connectivity index (χ2n) is 6.99. The third-order valence-electron chi connectivity index (χ3n) is 2.87. The van der Waals surface area contributed by atoms with E-state index in [4.69, 9.17) is 11.0 Å². The zero-order chi connectivity index (χ0) is 14.7. The Morgan fingerprint density at radius 1 is 1.21 bits per heavy atom. The van der Waals surface area contributed by atoms with E-state index >= 15 is 0 Å². The lowest BCUT2D eigenvalue weighted by Crippen LogP contribution is -2.35. The maximum absolute atomic E-state index is 8.79. The minimum absolute atomic E-state index is 0.00171. The Balaban J connectivity index is 2.88. The highest BCUT2D eigenvalue weighted by Gasteiger charge is 2.25. The number of anilines is 2. The van der Waals surface area contributed by atoms with Crippen LogP contribution in [-0.4, -0.2) is 5.54 Å². The second kappa shape index (κ2) is 5.52. The highest BCUT2D eigenvalue weighted by atomic mass is 15.0. The van der Waals surface area contributed by atoms with Crippen LogP contribution in [0.2, 0.25) is 0 Å². The summed E-state index contributed by atoms with van der Waals surface area (Å²) in [5, 5.41) is 12.3. The summed E-state index contributed by atoms with van der Waals surface area (Å²) in [5.41, 5.74) is 8.72. The number of nitrogens with zero attached hydrogens (tertiary/aromatic N) is 1. The highest BCUT2D eigenvalue weighted by Crippen LogP contribution is 2.30. The number of benzene rings is 1. The second-order valence-corrected chi connectivity index (χ2v) is 6.99. The summed E-state index contributed by atoms with van der Waals surface area (Å²) in [6.07, 6.45) is 1.40. The molecule has 0 aliphatic heterocycles. The first-order valence-electron chi connectivity index (χ1n) is 6.66. The van der Waals surface area contributed by atoms with Gasteiger partial charge in [0, 0.05) is 16.9 Å². The maximum Gasteiger partial charge on any atom is 0.0670 e. The van der Waals surface area contributed by atoms with E-state index in [0.717, 1.165) is 17.7 Å². The largest absolute Gasteiger partial charge is 0.398 e. The van der Waals surface area contributed by atoms with Crippen molar-refractivity contribution in [2.45, 2.75) is 53.0 Å². The average Bonchev–Trinajstić information content (AvgIpc) is 2.19. The molecule has 0 amide bonds. The number of nitrogens with two attached hydrogens (primary N) is 1. The average molecular weight is 259 g/mol. The lowest BCUT2D eigenvalue weighted by molar-refractivity contribution is 0.302. The lowest BCUT2D eigenvalue weighted by atomic mass is 9.81. The molecule has 0 aliphatic rings. The molecule has 0 saturated heterocycles. The summed E-state index contributed by atoms with van der Waals surface area (Å²) in [7, 11) is 0. The molecule has 0 fully saturated rings. The summed E-state index contributed by atoms with van der Waals surface area (Å²) in [4.78, 5) is 0. The Labute approximate surface area is 116 Å². The Hall–Kier alpha value is -1.69. The van der Waals surface area contributed by atoms with Crippen molar-refractivity contribution in [3.05, 3.63) is 23.8 Å². The first-order valence-corrected chi connectivity index (χ1v) is 6.66. The van der Waals surface area contributed by atoms with Crippen molar-refractivity contribution >= 4 is 11.4 Å². The van der Waals surface area contributed by atoms with Crippen LogP contribution in [0.5, 0.6) is 0 Å². The Morgan fingerprint density at radius 3 is 2.37 bits per heavy atom. The molecule has 104 valence electrons. The number of nitrogens with one attached hydrogen (secondary N) is 1. The van der Waals surface area contributed by atoms with Crippen molar-refractivity contribution in [2.75, 3.05) is 11.1 Å². The number of hydrogen-bond donors (Lipinski definition) is 2. The molecule has 0 heterocycles. The molecule has 0 aromatic heterocycles.